The molecule has 1 atom stereocenters. The van der Waals surface area contributed by atoms with Crippen LogP contribution in [0.15, 0.2) is 12.3 Å². The van der Waals surface area contributed by atoms with Crippen LogP contribution in [0.5, 0.6) is 0 Å². The number of aliphatic hydroxyl groups is 1. The van der Waals surface area contributed by atoms with Gasteiger partial charge in [-0.2, -0.15) is 0 Å². The molecule has 2 nitrogen and oxygen atoms in total. The zero-order chi connectivity index (χ0) is 13.4. The second-order valence-electron chi connectivity index (χ2n) is 6.61. The Kier molecular flexibility index (Phi) is 6.77. The molecule has 0 saturated heterocycles. The molecule has 1 aliphatic rings. The summed E-state index contributed by atoms with van der Waals surface area (Å²) in [5, 5.41) is 12.7. The van der Waals surface area contributed by atoms with Gasteiger partial charge in [0.05, 0.1) is 5.60 Å². The number of hydrogen-bond donors (Lipinski definition) is 2. The van der Waals surface area contributed by atoms with E-state index in [9.17, 15) is 5.11 Å². The third-order valence-electron chi connectivity index (χ3n) is 3.83. The highest BCUT2D eigenvalue weighted by molar-refractivity contribution is 4.86. The van der Waals surface area contributed by atoms with E-state index in [4.69, 9.17) is 0 Å². The molecule has 1 fully saturated rings. The maximum atomic E-state index is 9.56. The van der Waals surface area contributed by atoms with Crippen molar-refractivity contribution in [1.82, 2.24) is 5.32 Å². The first-order chi connectivity index (χ1) is 8.47. The fraction of sp³-hybridized carbons (Fsp3) is 0.875. The molecular weight excluding hydrogens is 222 g/mol. The first-order valence-corrected chi connectivity index (χ1v) is 7.60. The number of nitrogens with one attached hydrogen (secondary N) is 1. The molecule has 0 heterocycles. The molecule has 2 N–H and O–H groups in total. The van der Waals surface area contributed by atoms with Gasteiger partial charge < -0.3 is 10.4 Å². The maximum Gasteiger partial charge on any atom is 0.0763 e. The van der Waals surface area contributed by atoms with Gasteiger partial charge in [-0.05, 0) is 44.7 Å². The number of hydrogen-bond acceptors (Lipinski definition) is 2. The van der Waals surface area contributed by atoms with Crippen molar-refractivity contribution in [2.45, 2.75) is 71.3 Å². The van der Waals surface area contributed by atoms with E-state index in [1.54, 1.807) is 0 Å². The SMILES string of the molecule is CC(/C=C\NCC(C)(C)O)CCC1CCCCC1. The lowest BCUT2D eigenvalue weighted by molar-refractivity contribution is 0.0835. The molecule has 106 valence electrons. The summed E-state index contributed by atoms with van der Waals surface area (Å²) in [4.78, 5) is 0. The zero-order valence-corrected chi connectivity index (χ0v) is 12.4. The predicted octanol–water partition coefficient (Wildman–Crippen LogP) is 3.86. The molecule has 2 heteroatoms. The third-order valence-corrected chi connectivity index (χ3v) is 3.83. The third kappa shape index (κ3) is 7.75. The van der Waals surface area contributed by atoms with E-state index in [1.807, 2.05) is 20.0 Å². The van der Waals surface area contributed by atoms with E-state index < -0.39 is 5.60 Å². The molecular formula is C16H31NO. The van der Waals surface area contributed by atoms with Crippen LogP contribution in [0, 0.1) is 11.8 Å². The van der Waals surface area contributed by atoms with Gasteiger partial charge in [-0.15, -0.1) is 0 Å². The van der Waals surface area contributed by atoms with Gasteiger partial charge in [-0.25, -0.2) is 0 Å². The Morgan fingerprint density at radius 1 is 1.28 bits per heavy atom. The Labute approximate surface area is 113 Å². The van der Waals surface area contributed by atoms with E-state index in [-0.39, 0.29) is 0 Å². The average molecular weight is 253 g/mol. The van der Waals surface area contributed by atoms with Crippen LogP contribution in [0.2, 0.25) is 0 Å². The maximum absolute atomic E-state index is 9.56. The van der Waals surface area contributed by atoms with E-state index >= 15 is 0 Å². The molecule has 0 aromatic heterocycles. The number of allylic oxidation sites excluding steroid dienone is 1. The van der Waals surface area contributed by atoms with Crippen LogP contribution < -0.4 is 5.32 Å². The van der Waals surface area contributed by atoms with Crippen LogP contribution >= 0.6 is 0 Å². The minimum absolute atomic E-state index is 0.610. The van der Waals surface area contributed by atoms with Crippen LogP contribution in [0.3, 0.4) is 0 Å². The van der Waals surface area contributed by atoms with Crippen molar-refractivity contribution in [3.05, 3.63) is 12.3 Å². The molecule has 0 amide bonds. The highest BCUT2D eigenvalue weighted by Gasteiger charge is 2.13. The Bertz CT molecular complexity index is 236. The van der Waals surface area contributed by atoms with Crippen molar-refractivity contribution in [3.63, 3.8) is 0 Å². The Balaban J connectivity index is 2.08. The van der Waals surface area contributed by atoms with E-state index in [2.05, 4.69) is 18.3 Å². The summed E-state index contributed by atoms with van der Waals surface area (Å²) in [5.74, 6) is 1.63. The Morgan fingerprint density at radius 2 is 1.94 bits per heavy atom. The van der Waals surface area contributed by atoms with Gasteiger partial charge in [0.15, 0.2) is 0 Å². The molecule has 0 aromatic rings. The summed E-state index contributed by atoms with van der Waals surface area (Å²) < 4.78 is 0. The summed E-state index contributed by atoms with van der Waals surface area (Å²) in [6.45, 7) is 6.53. The standard InChI is InChI=1S/C16H31NO/c1-14(11-12-17-13-16(2,3)18)9-10-15-7-5-4-6-8-15/h11-12,14-15,17-18H,4-10,13H2,1-3H3/b12-11-. The molecule has 1 unspecified atom stereocenters. The fourth-order valence-electron chi connectivity index (χ4n) is 2.61. The molecule has 0 radical (unpaired) electrons. The molecule has 0 bridgehead atoms. The first kappa shape index (κ1) is 15.6. The van der Waals surface area contributed by atoms with Crippen LogP contribution in [0.25, 0.3) is 0 Å². The second kappa shape index (κ2) is 7.83. The Hall–Kier alpha value is -0.500. The van der Waals surface area contributed by atoms with Crippen molar-refractivity contribution in [3.8, 4) is 0 Å². The van der Waals surface area contributed by atoms with Crippen LogP contribution in [-0.2, 0) is 0 Å². The lowest BCUT2D eigenvalue weighted by atomic mass is 9.84. The molecule has 1 saturated carbocycles. The van der Waals surface area contributed by atoms with Gasteiger partial charge in [-0.3, -0.25) is 0 Å². The molecule has 0 aromatic carbocycles. The molecule has 0 aliphatic heterocycles. The summed E-state index contributed by atoms with van der Waals surface area (Å²) in [5.41, 5.74) is -0.629. The van der Waals surface area contributed by atoms with Crippen molar-refractivity contribution in [2.24, 2.45) is 11.8 Å². The van der Waals surface area contributed by atoms with Crippen molar-refractivity contribution < 1.29 is 5.11 Å². The average Bonchev–Trinajstić information content (AvgIpc) is 2.32. The topological polar surface area (TPSA) is 32.3 Å². The fourth-order valence-corrected chi connectivity index (χ4v) is 2.61. The van der Waals surface area contributed by atoms with Gasteiger partial charge >= 0.3 is 0 Å². The smallest absolute Gasteiger partial charge is 0.0763 e. The first-order valence-electron chi connectivity index (χ1n) is 7.60. The number of rotatable bonds is 7. The normalized spacial score (nSPS) is 20.2. The summed E-state index contributed by atoms with van der Waals surface area (Å²) >= 11 is 0. The van der Waals surface area contributed by atoms with Gasteiger partial charge in [-0.1, -0.05) is 45.1 Å². The zero-order valence-electron chi connectivity index (χ0n) is 12.4. The lowest BCUT2D eigenvalue weighted by Gasteiger charge is -2.22. The lowest BCUT2D eigenvalue weighted by Crippen LogP contribution is -2.32. The highest BCUT2D eigenvalue weighted by atomic mass is 16.3. The van der Waals surface area contributed by atoms with Crippen molar-refractivity contribution in [1.29, 1.82) is 0 Å². The van der Waals surface area contributed by atoms with Crippen molar-refractivity contribution in [2.75, 3.05) is 6.54 Å². The summed E-state index contributed by atoms with van der Waals surface area (Å²) in [7, 11) is 0. The van der Waals surface area contributed by atoms with Crippen molar-refractivity contribution >= 4 is 0 Å². The summed E-state index contributed by atoms with van der Waals surface area (Å²) in [6.07, 6.45) is 14.2. The largest absolute Gasteiger partial charge is 0.389 e. The molecule has 18 heavy (non-hydrogen) atoms. The highest BCUT2D eigenvalue weighted by Crippen LogP contribution is 2.28. The Morgan fingerprint density at radius 3 is 2.56 bits per heavy atom. The van der Waals surface area contributed by atoms with E-state index in [0.29, 0.717) is 12.5 Å². The van der Waals surface area contributed by atoms with Crippen LogP contribution in [0.1, 0.15) is 65.7 Å². The quantitative estimate of drug-likeness (QED) is 0.722. The predicted molar refractivity (Wildman–Crippen MR) is 78.4 cm³/mol. The molecule has 0 spiro atoms. The minimum Gasteiger partial charge on any atom is -0.389 e. The van der Waals surface area contributed by atoms with E-state index in [1.165, 1.54) is 44.9 Å². The van der Waals surface area contributed by atoms with Gasteiger partial charge in [0, 0.05) is 6.54 Å². The summed E-state index contributed by atoms with van der Waals surface area (Å²) in [6, 6.07) is 0. The second-order valence-corrected chi connectivity index (χ2v) is 6.61. The van der Waals surface area contributed by atoms with Gasteiger partial charge in [0.2, 0.25) is 0 Å². The van der Waals surface area contributed by atoms with E-state index in [0.717, 1.165) is 5.92 Å². The van der Waals surface area contributed by atoms with Gasteiger partial charge in [0.1, 0.15) is 0 Å². The monoisotopic (exact) mass is 253 g/mol. The van der Waals surface area contributed by atoms with Gasteiger partial charge in [0.25, 0.3) is 0 Å². The molecule has 1 rings (SSSR count). The molecule has 1 aliphatic carbocycles. The minimum atomic E-state index is -0.629. The van der Waals surface area contributed by atoms with Crippen LogP contribution in [-0.4, -0.2) is 17.3 Å². The van der Waals surface area contributed by atoms with Crippen LogP contribution in [0.4, 0.5) is 0 Å².